The predicted molar refractivity (Wildman–Crippen MR) is 82.0 cm³/mol. The van der Waals surface area contributed by atoms with Crippen molar-refractivity contribution < 1.29 is 9.13 Å². The number of rotatable bonds is 6. The molecule has 0 radical (unpaired) electrons. The Morgan fingerprint density at radius 2 is 1.95 bits per heavy atom. The Labute approximate surface area is 125 Å². The van der Waals surface area contributed by atoms with Gasteiger partial charge in [-0.05, 0) is 49.1 Å². The Morgan fingerprint density at radius 1 is 1.19 bits per heavy atom. The highest BCUT2D eigenvalue weighted by molar-refractivity contribution is 5.33. The van der Waals surface area contributed by atoms with Crippen molar-refractivity contribution in [2.24, 2.45) is 0 Å². The van der Waals surface area contributed by atoms with E-state index in [9.17, 15) is 4.39 Å². The lowest BCUT2D eigenvalue weighted by Gasteiger charge is -2.21. The first-order chi connectivity index (χ1) is 10.2. The zero-order valence-corrected chi connectivity index (χ0v) is 12.2. The quantitative estimate of drug-likeness (QED) is 0.866. The number of hydrogen-bond acceptors (Lipinski definition) is 2. The Morgan fingerprint density at radius 3 is 2.62 bits per heavy atom. The summed E-state index contributed by atoms with van der Waals surface area (Å²) in [5, 5.41) is 3.51. The van der Waals surface area contributed by atoms with Crippen LogP contribution in [0.1, 0.15) is 30.1 Å². The van der Waals surface area contributed by atoms with Crippen LogP contribution >= 0.6 is 0 Å². The summed E-state index contributed by atoms with van der Waals surface area (Å²) in [6.07, 6.45) is 2.43. The Bertz CT molecular complexity index is 595. The molecular weight excluding hydrogens is 265 g/mol. The van der Waals surface area contributed by atoms with Gasteiger partial charge in [0.05, 0.1) is 0 Å². The number of ether oxygens (including phenoxy) is 1. The second-order valence-corrected chi connectivity index (χ2v) is 5.61. The van der Waals surface area contributed by atoms with E-state index < -0.39 is 0 Å². The van der Waals surface area contributed by atoms with E-state index in [1.807, 2.05) is 25.1 Å². The Kier molecular flexibility index (Phi) is 4.20. The van der Waals surface area contributed by atoms with Gasteiger partial charge in [-0.1, -0.05) is 30.3 Å². The van der Waals surface area contributed by atoms with E-state index in [1.165, 1.54) is 25.0 Å². The summed E-state index contributed by atoms with van der Waals surface area (Å²) in [6, 6.07) is 15.4. The maximum atomic E-state index is 13.2. The van der Waals surface area contributed by atoms with E-state index in [0.717, 1.165) is 23.4 Å². The monoisotopic (exact) mass is 285 g/mol. The van der Waals surface area contributed by atoms with Crippen molar-refractivity contribution in [3.8, 4) is 5.75 Å². The van der Waals surface area contributed by atoms with Crippen LogP contribution in [0.25, 0.3) is 0 Å². The molecule has 2 aromatic rings. The van der Waals surface area contributed by atoms with E-state index in [4.69, 9.17) is 4.74 Å². The van der Waals surface area contributed by atoms with Crippen LogP contribution in [0.2, 0.25) is 0 Å². The van der Waals surface area contributed by atoms with E-state index in [-0.39, 0.29) is 11.9 Å². The highest BCUT2D eigenvalue weighted by Gasteiger charge is 2.23. The first-order valence-corrected chi connectivity index (χ1v) is 7.43. The molecule has 1 fully saturated rings. The summed E-state index contributed by atoms with van der Waals surface area (Å²) >= 11 is 0. The van der Waals surface area contributed by atoms with Crippen LogP contribution in [0.4, 0.5) is 4.39 Å². The average molecular weight is 285 g/mol. The fourth-order valence-corrected chi connectivity index (χ4v) is 2.35. The largest absolute Gasteiger partial charge is 0.484 e. The highest BCUT2D eigenvalue weighted by atomic mass is 19.1. The van der Waals surface area contributed by atoms with Crippen LogP contribution in [0.3, 0.4) is 0 Å². The van der Waals surface area contributed by atoms with Crippen LogP contribution in [0.5, 0.6) is 5.75 Å². The standard InChI is InChI=1S/C18H20FNO/c1-13-11-15(19)7-10-17(13)21-18(12-20-16-8-9-16)14-5-3-2-4-6-14/h2-7,10-11,16,18,20H,8-9,12H2,1H3. The molecule has 2 aromatic carbocycles. The molecule has 1 unspecified atom stereocenters. The summed E-state index contributed by atoms with van der Waals surface area (Å²) in [5.41, 5.74) is 1.96. The van der Waals surface area contributed by atoms with Crippen molar-refractivity contribution in [3.63, 3.8) is 0 Å². The third-order valence-electron chi connectivity index (χ3n) is 3.75. The predicted octanol–water partition coefficient (Wildman–Crippen LogP) is 4.01. The minimum Gasteiger partial charge on any atom is -0.484 e. The lowest BCUT2D eigenvalue weighted by Crippen LogP contribution is -2.27. The number of hydrogen-bond donors (Lipinski definition) is 1. The van der Waals surface area contributed by atoms with Gasteiger partial charge in [-0.3, -0.25) is 0 Å². The van der Waals surface area contributed by atoms with Crippen molar-refractivity contribution in [1.29, 1.82) is 0 Å². The Balaban J connectivity index is 1.77. The van der Waals surface area contributed by atoms with Crippen molar-refractivity contribution >= 4 is 0 Å². The number of nitrogens with one attached hydrogen (secondary N) is 1. The lowest BCUT2D eigenvalue weighted by molar-refractivity contribution is 0.199. The van der Waals surface area contributed by atoms with Gasteiger partial charge in [-0.2, -0.15) is 0 Å². The fourth-order valence-electron chi connectivity index (χ4n) is 2.35. The molecule has 1 aliphatic rings. The number of benzene rings is 2. The summed E-state index contributed by atoms with van der Waals surface area (Å²) < 4.78 is 19.3. The van der Waals surface area contributed by atoms with E-state index in [0.29, 0.717) is 6.04 Å². The van der Waals surface area contributed by atoms with Gasteiger partial charge in [0.2, 0.25) is 0 Å². The van der Waals surface area contributed by atoms with Crippen LogP contribution < -0.4 is 10.1 Å². The fraction of sp³-hybridized carbons (Fsp3) is 0.333. The minimum atomic E-state index is -0.229. The van der Waals surface area contributed by atoms with Gasteiger partial charge in [0.25, 0.3) is 0 Å². The van der Waals surface area contributed by atoms with E-state index in [1.54, 1.807) is 6.07 Å². The SMILES string of the molecule is Cc1cc(F)ccc1OC(CNC1CC1)c1ccccc1. The molecule has 0 saturated heterocycles. The number of aryl methyl sites for hydroxylation is 1. The molecule has 0 amide bonds. The van der Waals surface area contributed by atoms with Crippen molar-refractivity contribution in [2.75, 3.05) is 6.54 Å². The minimum absolute atomic E-state index is 0.0593. The molecule has 1 N–H and O–H groups in total. The lowest BCUT2D eigenvalue weighted by atomic mass is 10.1. The molecule has 0 spiro atoms. The van der Waals surface area contributed by atoms with Gasteiger partial charge in [0.15, 0.2) is 0 Å². The van der Waals surface area contributed by atoms with Gasteiger partial charge in [0, 0.05) is 12.6 Å². The summed E-state index contributed by atoms with van der Waals surface area (Å²) in [7, 11) is 0. The average Bonchev–Trinajstić information content (AvgIpc) is 3.31. The molecule has 0 aliphatic heterocycles. The number of halogens is 1. The zero-order valence-electron chi connectivity index (χ0n) is 12.2. The van der Waals surface area contributed by atoms with Crippen LogP contribution in [-0.4, -0.2) is 12.6 Å². The van der Waals surface area contributed by atoms with Gasteiger partial charge in [-0.15, -0.1) is 0 Å². The molecule has 0 aromatic heterocycles. The molecular formula is C18H20FNO. The molecule has 3 rings (SSSR count). The maximum absolute atomic E-state index is 13.2. The Hall–Kier alpha value is -1.87. The molecule has 0 heterocycles. The van der Waals surface area contributed by atoms with E-state index >= 15 is 0 Å². The summed E-state index contributed by atoms with van der Waals surface area (Å²) in [5.74, 6) is 0.509. The summed E-state index contributed by atoms with van der Waals surface area (Å²) in [6.45, 7) is 2.64. The summed E-state index contributed by atoms with van der Waals surface area (Å²) in [4.78, 5) is 0. The molecule has 21 heavy (non-hydrogen) atoms. The van der Waals surface area contributed by atoms with E-state index in [2.05, 4.69) is 17.4 Å². The normalized spacial score (nSPS) is 15.7. The highest BCUT2D eigenvalue weighted by Crippen LogP contribution is 2.27. The third-order valence-corrected chi connectivity index (χ3v) is 3.75. The molecule has 0 bridgehead atoms. The smallest absolute Gasteiger partial charge is 0.136 e. The van der Waals surface area contributed by atoms with Crippen molar-refractivity contribution in [2.45, 2.75) is 31.9 Å². The zero-order chi connectivity index (χ0) is 14.7. The molecule has 1 saturated carbocycles. The van der Waals surface area contributed by atoms with Crippen LogP contribution in [0, 0.1) is 12.7 Å². The second kappa shape index (κ2) is 6.27. The maximum Gasteiger partial charge on any atom is 0.136 e. The first-order valence-electron chi connectivity index (χ1n) is 7.43. The van der Waals surface area contributed by atoms with Crippen LogP contribution in [0.15, 0.2) is 48.5 Å². The molecule has 3 heteroatoms. The molecule has 1 atom stereocenters. The van der Waals surface area contributed by atoms with Crippen LogP contribution in [-0.2, 0) is 0 Å². The van der Waals surface area contributed by atoms with Gasteiger partial charge >= 0.3 is 0 Å². The van der Waals surface area contributed by atoms with Gasteiger partial charge in [0.1, 0.15) is 17.7 Å². The second-order valence-electron chi connectivity index (χ2n) is 5.61. The first kappa shape index (κ1) is 14.1. The molecule has 110 valence electrons. The third kappa shape index (κ3) is 3.82. The van der Waals surface area contributed by atoms with Crippen molar-refractivity contribution in [1.82, 2.24) is 5.32 Å². The topological polar surface area (TPSA) is 21.3 Å². The van der Waals surface area contributed by atoms with Crippen molar-refractivity contribution in [3.05, 3.63) is 65.5 Å². The van der Waals surface area contributed by atoms with Gasteiger partial charge < -0.3 is 10.1 Å². The molecule has 1 aliphatic carbocycles. The molecule has 2 nitrogen and oxygen atoms in total. The van der Waals surface area contributed by atoms with Gasteiger partial charge in [-0.25, -0.2) is 4.39 Å².